The summed E-state index contributed by atoms with van der Waals surface area (Å²) in [7, 11) is 1.56. The normalized spacial score (nSPS) is 17.3. The summed E-state index contributed by atoms with van der Waals surface area (Å²) in [6, 6.07) is 0.527. The second-order valence-electron chi connectivity index (χ2n) is 6.45. The summed E-state index contributed by atoms with van der Waals surface area (Å²) < 4.78 is 81.2. The van der Waals surface area contributed by atoms with Crippen molar-refractivity contribution in [3.63, 3.8) is 0 Å². The Labute approximate surface area is 187 Å². The Bertz CT molecular complexity index is 675. The van der Waals surface area contributed by atoms with Crippen LogP contribution in [0.4, 0.5) is 26.3 Å². The third-order valence-electron chi connectivity index (χ3n) is 4.55. The predicted octanol–water partition coefficient (Wildman–Crippen LogP) is 3.24. The number of pyridine rings is 1. The van der Waals surface area contributed by atoms with E-state index >= 15 is 0 Å². The van der Waals surface area contributed by atoms with Gasteiger partial charge in [-0.1, -0.05) is 0 Å². The molecule has 0 spiro atoms. The van der Waals surface area contributed by atoms with Crippen LogP contribution >= 0.6 is 24.0 Å². The van der Waals surface area contributed by atoms with Gasteiger partial charge >= 0.3 is 12.4 Å². The van der Waals surface area contributed by atoms with Gasteiger partial charge < -0.3 is 15.0 Å². The fourth-order valence-electron chi connectivity index (χ4n) is 2.81. The van der Waals surface area contributed by atoms with Crippen LogP contribution in [-0.2, 0) is 6.18 Å². The Morgan fingerprint density at radius 2 is 1.80 bits per heavy atom. The fourth-order valence-corrected chi connectivity index (χ4v) is 2.81. The van der Waals surface area contributed by atoms with E-state index in [2.05, 4.69) is 15.3 Å². The Hall–Kier alpha value is -1.51. The van der Waals surface area contributed by atoms with E-state index in [-0.39, 0.29) is 49.6 Å². The molecule has 0 aromatic carbocycles. The van der Waals surface area contributed by atoms with Crippen molar-refractivity contribution in [3.05, 3.63) is 23.9 Å². The fraction of sp³-hybridized carbons (Fsp3) is 0.647. The van der Waals surface area contributed by atoms with Crippen LogP contribution in [0.5, 0.6) is 5.88 Å². The van der Waals surface area contributed by atoms with Crippen LogP contribution in [0.25, 0.3) is 0 Å². The number of alkyl halides is 6. The van der Waals surface area contributed by atoms with E-state index in [1.54, 1.807) is 7.05 Å². The number of ether oxygens (including phenoxy) is 1. The molecule has 0 radical (unpaired) electrons. The zero-order valence-electron chi connectivity index (χ0n) is 16.4. The van der Waals surface area contributed by atoms with Crippen molar-refractivity contribution in [2.24, 2.45) is 4.99 Å². The lowest BCUT2D eigenvalue weighted by Gasteiger charge is -2.39. The lowest BCUT2D eigenvalue weighted by atomic mass is 10.2. The summed E-state index contributed by atoms with van der Waals surface area (Å²) in [6.45, 7) is 2.87. The molecule has 1 aromatic heterocycles. The molecule has 0 saturated carbocycles. The molecule has 1 fully saturated rings. The summed E-state index contributed by atoms with van der Waals surface area (Å²) in [4.78, 5) is 10.9. The number of piperazine rings is 1. The van der Waals surface area contributed by atoms with Crippen LogP contribution in [0.3, 0.4) is 0 Å². The molecule has 1 N–H and O–H groups in total. The van der Waals surface area contributed by atoms with Gasteiger partial charge in [-0.2, -0.15) is 26.3 Å². The first-order chi connectivity index (χ1) is 13.5. The topological polar surface area (TPSA) is 53.0 Å². The zero-order chi connectivity index (χ0) is 21.7. The molecule has 1 aliphatic heterocycles. The average Bonchev–Trinajstić information content (AvgIpc) is 2.67. The third kappa shape index (κ3) is 7.63. The summed E-state index contributed by atoms with van der Waals surface area (Å²) in [5.74, 6) is 0.581. The molecule has 1 unspecified atom stereocenters. The Kier molecular flexibility index (Phi) is 9.91. The number of nitrogens with zero attached hydrogens (tertiary/aromatic N) is 4. The van der Waals surface area contributed by atoms with E-state index < -0.39 is 24.0 Å². The van der Waals surface area contributed by atoms with Crippen molar-refractivity contribution in [1.82, 2.24) is 20.1 Å². The van der Waals surface area contributed by atoms with E-state index in [9.17, 15) is 26.3 Å². The number of hydrogen-bond donors (Lipinski definition) is 1. The van der Waals surface area contributed by atoms with Gasteiger partial charge in [-0.15, -0.1) is 24.0 Å². The Morgan fingerprint density at radius 3 is 2.27 bits per heavy atom. The zero-order valence-corrected chi connectivity index (χ0v) is 18.8. The molecule has 30 heavy (non-hydrogen) atoms. The van der Waals surface area contributed by atoms with Crippen LogP contribution in [0, 0.1) is 0 Å². The van der Waals surface area contributed by atoms with E-state index in [4.69, 9.17) is 4.74 Å². The summed E-state index contributed by atoms with van der Waals surface area (Å²) >= 11 is 0. The molecule has 0 bridgehead atoms. The maximum absolute atomic E-state index is 12.8. The van der Waals surface area contributed by atoms with Crippen LogP contribution < -0.4 is 10.1 Å². The van der Waals surface area contributed by atoms with E-state index in [1.807, 2.05) is 4.90 Å². The third-order valence-corrected chi connectivity index (χ3v) is 4.55. The molecule has 2 rings (SSSR count). The highest BCUT2D eigenvalue weighted by Crippen LogP contribution is 2.29. The molecule has 1 atom stereocenters. The number of aromatic nitrogens is 1. The molecule has 1 aromatic rings. The van der Waals surface area contributed by atoms with Crippen molar-refractivity contribution in [3.8, 4) is 5.88 Å². The number of rotatable bonds is 5. The standard InChI is InChI=1S/C17H23F6N5O.HI/c1-12(16(18,19)20)27-6-8-28(9-7-27)15(24-2)25-5-10-29-14-4-3-13(11-26-14)17(21,22)23;/h3-4,11-12H,5-10H2,1-2H3,(H,24,25);1H. The number of guanidine groups is 1. The second kappa shape index (κ2) is 11.2. The van der Waals surface area contributed by atoms with Crippen molar-refractivity contribution in [1.29, 1.82) is 0 Å². The highest BCUT2D eigenvalue weighted by Gasteiger charge is 2.41. The first kappa shape index (κ1) is 26.5. The molecular weight excluding hydrogens is 531 g/mol. The van der Waals surface area contributed by atoms with Crippen LogP contribution in [0.15, 0.2) is 23.3 Å². The van der Waals surface area contributed by atoms with Gasteiger partial charge in [0.05, 0.1) is 12.1 Å². The van der Waals surface area contributed by atoms with Crippen molar-refractivity contribution in [2.75, 3.05) is 46.4 Å². The number of hydrogen-bond acceptors (Lipinski definition) is 4. The molecule has 0 amide bonds. The van der Waals surface area contributed by atoms with Gasteiger partial charge in [0, 0.05) is 45.5 Å². The highest BCUT2D eigenvalue weighted by atomic mass is 127. The number of aliphatic imine (C=N–C) groups is 1. The van der Waals surface area contributed by atoms with Gasteiger partial charge in [-0.25, -0.2) is 4.98 Å². The average molecular weight is 555 g/mol. The van der Waals surface area contributed by atoms with Crippen LogP contribution in [0.1, 0.15) is 12.5 Å². The summed E-state index contributed by atoms with van der Waals surface area (Å²) in [6.07, 6.45) is -8.02. The molecule has 1 aliphatic rings. The molecule has 6 nitrogen and oxygen atoms in total. The largest absolute Gasteiger partial charge is 0.476 e. The predicted molar refractivity (Wildman–Crippen MR) is 110 cm³/mol. The molecule has 2 heterocycles. The van der Waals surface area contributed by atoms with Gasteiger partial charge in [-0.3, -0.25) is 9.89 Å². The Balaban J connectivity index is 0.00000450. The molecule has 0 aliphatic carbocycles. The monoisotopic (exact) mass is 555 g/mol. The van der Waals surface area contributed by atoms with Crippen molar-refractivity contribution >= 4 is 29.9 Å². The number of halogens is 7. The van der Waals surface area contributed by atoms with Crippen LogP contribution in [-0.4, -0.2) is 79.3 Å². The van der Waals surface area contributed by atoms with Gasteiger partial charge in [0.15, 0.2) is 5.96 Å². The quantitative estimate of drug-likeness (QED) is 0.199. The first-order valence-corrected chi connectivity index (χ1v) is 8.94. The van der Waals surface area contributed by atoms with E-state index in [0.29, 0.717) is 31.8 Å². The molecule has 1 saturated heterocycles. The van der Waals surface area contributed by atoms with Crippen molar-refractivity contribution < 1.29 is 31.1 Å². The first-order valence-electron chi connectivity index (χ1n) is 8.94. The SMILES string of the molecule is CN=C(NCCOc1ccc(C(F)(F)F)cn1)N1CCN(C(C)C(F)(F)F)CC1.I. The maximum Gasteiger partial charge on any atom is 0.417 e. The van der Waals surface area contributed by atoms with E-state index in [1.165, 1.54) is 4.90 Å². The molecular formula is C17H24F6IN5O. The minimum Gasteiger partial charge on any atom is -0.476 e. The van der Waals surface area contributed by atoms with Gasteiger partial charge in [0.2, 0.25) is 5.88 Å². The van der Waals surface area contributed by atoms with Crippen molar-refractivity contribution in [2.45, 2.75) is 25.3 Å². The lowest BCUT2D eigenvalue weighted by Crippen LogP contribution is -2.57. The minimum atomic E-state index is -4.46. The summed E-state index contributed by atoms with van der Waals surface area (Å²) in [5.41, 5.74) is -0.859. The lowest BCUT2D eigenvalue weighted by molar-refractivity contribution is -0.181. The van der Waals surface area contributed by atoms with E-state index in [0.717, 1.165) is 19.1 Å². The van der Waals surface area contributed by atoms with Crippen LogP contribution in [0.2, 0.25) is 0 Å². The Morgan fingerprint density at radius 1 is 1.17 bits per heavy atom. The van der Waals surface area contributed by atoms with Gasteiger partial charge in [0.25, 0.3) is 0 Å². The summed E-state index contributed by atoms with van der Waals surface area (Å²) in [5, 5.41) is 3.02. The maximum atomic E-state index is 12.8. The smallest absolute Gasteiger partial charge is 0.417 e. The number of nitrogens with one attached hydrogen (secondary N) is 1. The minimum absolute atomic E-state index is 0. The van der Waals surface area contributed by atoms with Gasteiger partial charge in [-0.05, 0) is 13.0 Å². The second-order valence-corrected chi connectivity index (χ2v) is 6.45. The molecule has 13 heteroatoms. The van der Waals surface area contributed by atoms with Gasteiger partial charge in [0.1, 0.15) is 12.6 Å². The highest BCUT2D eigenvalue weighted by molar-refractivity contribution is 14.0. The molecule has 172 valence electrons.